The SMILES string of the molecule is CSCCN(C)CCOc1ccccc1C(C)=O. The van der Waals surface area contributed by atoms with Gasteiger partial charge in [-0.2, -0.15) is 11.8 Å². The zero-order valence-electron chi connectivity index (χ0n) is 11.3. The Kier molecular flexibility index (Phi) is 6.83. The standard InChI is InChI=1S/C14H21NO2S/c1-12(16)13-6-4-5-7-14(13)17-10-8-15(2)9-11-18-3/h4-7H,8-11H2,1-3H3. The molecule has 0 aliphatic rings. The molecule has 0 unspecified atom stereocenters. The molecule has 0 N–H and O–H groups in total. The van der Waals surface area contributed by atoms with E-state index in [9.17, 15) is 4.79 Å². The van der Waals surface area contributed by atoms with Crippen molar-refractivity contribution in [3.8, 4) is 5.75 Å². The molecule has 0 amide bonds. The van der Waals surface area contributed by atoms with Gasteiger partial charge in [-0.05, 0) is 32.4 Å². The fraction of sp³-hybridized carbons (Fsp3) is 0.500. The first kappa shape index (κ1) is 15.1. The quantitative estimate of drug-likeness (QED) is 0.677. The van der Waals surface area contributed by atoms with Crippen molar-refractivity contribution in [2.45, 2.75) is 6.92 Å². The zero-order chi connectivity index (χ0) is 13.4. The van der Waals surface area contributed by atoms with Crippen LogP contribution in [-0.4, -0.2) is 49.4 Å². The molecule has 18 heavy (non-hydrogen) atoms. The molecule has 0 atom stereocenters. The van der Waals surface area contributed by atoms with E-state index in [0.29, 0.717) is 17.9 Å². The number of thioether (sulfide) groups is 1. The lowest BCUT2D eigenvalue weighted by atomic mass is 10.1. The third-order valence-corrected chi connectivity index (χ3v) is 3.26. The molecule has 0 fully saturated rings. The van der Waals surface area contributed by atoms with Crippen LogP contribution >= 0.6 is 11.8 Å². The van der Waals surface area contributed by atoms with Crippen LogP contribution in [0.15, 0.2) is 24.3 Å². The third-order valence-electron chi connectivity index (χ3n) is 2.67. The molecule has 100 valence electrons. The van der Waals surface area contributed by atoms with Gasteiger partial charge in [0.05, 0.1) is 5.56 Å². The van der Waals surface area contributed by atoms with Gasteiger partial charge in [0.15, 0.2) is 5.78 Å². The van der Waals surface area contributed by atoms with E-state index in [-0.39, 0.29) is 5.78 Å². The van der Waals surface area contributed by atoms with Crippen LogP contribution in [0.5, 0.6) is 5.75 Å². The van der Waals surface area contributed by atoms with Gasteiger partial charge in [-0.25, -0.2) is 0 Å². The van der Waals surface area contributed by atoms with Gasteiger partial charge >= 0.3 is 0 Å². The molecule has 0 radical (unpaired) electrons. The van der Waals surface area contributed by atoms with E-state index < -0.39 is 0 Å². The maximum absolute atomic E-state index is 11.4. The van der Waals surface area contributed by atoms with Crippen molar-refractivity contribution in [1.29, 1.82) is 0 Å². The van der Waals surface area contributed by atoms with Crippen molar-refractivity contribution in [2.24, 2.45) is 0 Å². The van der Waals surface area contributed by atoms with Crippen molar-refractivity contribution < 1.29 is 9.53 Å². The van der Waals surface area contributed by atoms with Gasteiger partial charge < -0.3 is 9.64 Å². The van der Waals surface area contributed by atoms with Crippen molar-refractivity contribution >= 4 is 17.5 Å². The van der Waals surface area contributed by atoms with Gasteiger partial charge in [0.2, 0.25) is 0 Å². The molecule has 0 aliphatic heterocycles. The highest BCUT2D eigenvalue weighted by Gasteiger charge is 2.07. The third kappa shape index (κ3) is 5.10. The molecule has 0 aliphatic carbocycles. The number of para-hydroxylation sites is 1. The molecule has 1 rings (SSSR count). The first-order chi connectivity index (χ1) is 8.65. The minimum atomic E-state index is 0.0429. The number of hydrogen-bond acceptors (Lipinski definition) is 4. The molecule has 1 aromatic carbocycles. The van der Waals surface area contributed by atoms with Crippen LogP contribution in [-0.2, 0) is 0 Å². The lowest BCUT2D eigenvalue weighted by Gasteiger charge is -2.17. The van der Waals surface area contributed by atoms with Crippen molar-refractivity contribution in [1.82, 2.24) is 4.90 Å². The second kappa shape index (κ2) is 8.16. The van der Waals surface area contributed by atoms with E-state index in [0.717, 1.165) is 18.8 Å². The molecule has 0 aromatic heterocycles. The second-order valence-corrected chi connectivity index (χ2v) is 5.18. The molecule has 0 saturated heterocycles. The summed E-state index contributed by atoms with van der Waals surface area (Å²) in [4.78, 5) is 13.6. The minimum absolute atomic E-state index is 0.0429. The summed E-state index contributed by atoms with van der Waals surface area (Å²) >= 11 is 1.84. The number of likely N-dealkylation sites (N-methyl/N-ethyl adjacent to an activating group) is 1. The second-order valence-electron chi connectivity index (χ2n) is 4.20. The van der Waals surface area contributed by atoms with E-state index in [1.165, 1.54) is 0 Å². The maximum Gasteiger partial charge on any atom is 0.163 e. The predicted octanol–water partition coefficient (Wildman–Crippen LogP) is 2.56. The molecule has 0 spiro atoms. The summed E-state index contributed by atoms with van der Waals surface area (Å²) in [6.07, 6.45) is 2.10. The highest BCUT2D eigenvalue weighted by Crippen LogP contribution is 2.18. The fourth-order valence-corrected chi connectivity index (χ4v) is 2.05. The molecule has 3 nitrogen and oxygen atoms in total. The Morgan fingerprint density at radius 2 is 2.06 bits per heavy atom. The fourth-order valence-electron chi connectivity index (χ4n) is 1.55. The Morgan fingerprint density at radius 1 is 1.33 bits per heavy atom. The van der Waals surface area contributed by atoms with E-state index in [4.69, 9.17) is 4.74 Å². The van der Waals surface area contributed by atoms with Gasteiger partial charge in [0, 0.05) is 18.8 Å². The number of carbonyl (C=O) groups excluding carboxylic acids is 1. The number of nitrogens with zero attached hydrogens (tertiary/aromatic N) is 1. The van der Waals surface area contributed by atoms with Crippen molar-refractivity contribution in [3.63, 3.8) is 0 Å². The Morgan fingerprint density at radius 3 is 2.72 bits per heavy atom. The lowest BCUT2D eigenvalue weighted by molar-refractivity contribution is 0.101. The topological polar surface area (TPSA) is 29.5 Å². The number of ether oxygens (including phenoxy) is 1. The van der Waals surface area contributed by atoms with Gasteiger partial charge in [-0.3, -0.25) is 4.79 Å². The monoisotopic (exact) mass is 267 g/mol. The van der Waals surface area contributed by atoms with E-state index in [1.807, 2.05) is 30.0 Å². The number of hydrogen-bond donors (Lipinski definition) is 0. The number of rotatable bonds is 8. The van der Waals surface area contributed by atoms with Crippen LogP contribution < -0.4 is 4.74 Å². The summed E-state index contributed by atoms with van der Waals surface area (Å²) in [6, 6.07) is 7.39. The average Bonchev–Trinajstić information content (AvgIpc) is 2.36. The van der Waals surface area contributed by atoms with Crippen LogP contribution in [0.4, 0.5) is 0 Å². The summed E-state index contributed by atoms with van der Waals surface area (Å²) in [5, 5.41) is 0. The Balaban J connectivity index is 2.41. The molecule has 1 aromatic rings. The predicted molar refractivity (Wildman–Crippen MR) is 77.8 cm³/mol. The molecule has 0 saturated carbocycles. The first-order valence-corrected chi connectivity index (χ1v) is 7.44. The number of ketones is 1. The number of carbonyl (C=O) groups is 1. The first-order valence-electron chi connectivity index (χ1n) is 6.05. The smallest absolute Gasteiger partial charge is 0.163 e. The summed E-state index contributed by atoms with van der Waals surface area (Å²) in [6.45, 7) is 4.09. The lowest BCUT2D eigenvalue weighted by Crippen LogP contribution is -2.26. The van der Waals surface area contributed by atoms with Crippen LogP contribution in [0.1, 0.15) is 17.3 Å². The molecule has 0 heterocycles. The number of Topliss-reactive ketones (excluding diaryl/α,β-unsaturated/α-hetero) is 1. The van der Waals surface area contributed by atoms with Gasteiger partial charge in [0.1, 0.15) is 12.4 Å². The van der Waals surface area contributed by atoms with Crippen molar-refractivity contribution in [2.75, 3.05) is 38.8 Å². The highest BCUT2D eigenvalue weighted by molar-refractivity contribution is 7.98. The van der Waals surface area contributed by atoms with Crippen molar-refractivity contribution in [3.05, 3.63) is 29.8 Å². The molecular weight excluding hydrogens is 246 g/mol. The van der Waals surface area contributed by atoms with Crippen LogP contribution in [0.3, 0.4) is 0 Å². The summed E-state index contributed by atoms with van der Waals surface area (Å²) in [5.74, 6) is 1.85. The normalized spacial score (nSPS) is 10.7. The molecule has 0 bridgehead atoms. The van der Waals surface area contributed by atoms with E-state index >= 15 is 0 Å². The molecular formula is C14H21NO2S. The van der Waals surface area contributed by atoms with Gasteiger partial charge in [0.25, 0.3) is 0 Å². The number of benzene rings is 1. The Hall–Kier alpha value is -1.00. The zero-order valence-corrected chi connectivity index (χ0v) is 12.1. The van der Waals surface area contributed by atoms with Crippen LogP contribution in [0.2, 0.25) is 0 Å². The Labute approximate surface area is 114 Å². The summed E-state index contributed by atoms with van der Waals surface area (Å²) in [7, 11) is 2.08. The largest absolute Gasteiger partial charge is 0.491 e. The minimum Gasteiger partial charge on any atom is -0.491 e. The van der Waals surface area contributed by atoms with Gasteiger partial charge in [-0.15, -0.1) is 0 Å². The van der Waals surface area contributed by atoms with Crippen LogP contribution in [0, 0.1) is 0 Å². The summed E-state index contributed by atoms with van der Waals surface area (Å²) < 4.78 is 5.68. The van der Waals surface area contributed by atoms with E-state index in [2.05, 4.69) is 18.2 Å². The van der Waals surface area contributed by atoms with Gasteiger partial charge in [-0.1, -0.05) is 12.1 Å². The van der Waals surface area contributed by atoms with Crippen LogP contribution in [0.25, 0.3) is 0 Å². The summed E-state index contributed by atoms with van der Waals surface area (Å²) in [5.41, 5.74) is 0.657. The highest BCUT2D eigenvalue weighted by atomic mass is 32.2. The average molecular weight is 267 g/mol. The van der Waals surface area contributed by atoms with E-state index in [1.54, 1.807) is 13.0 Å². The Bertz CT molecular complexity index is 382. The molecule has 4 heteroatoms. The maximum atomic E-state index is 11.4.